The van der Waals surface area contributed by atoms with Gasteiger partial charge < -0.3 is 8.38 Å². The minimum atomic E-state index is 0.208. The molecule has 2 nitrogen and oxygen atoms in total. The molecule has 0 aromatic carbocycles. The third-order valence-corrected chi connectivity index (χ3v) is 2.57. The molecule has 0 spiro atoms. The van der Waals surface area contributed by atoms with Crippen LogP contribution >= 0.6 is 23.0 Å². The molecule has 80 valence electrons. The monoisotopic (exact) mass is 299 g/mol. The summed E-state index contributed by atoms with van der Waals surface area (Å²) in [4.78, 5) is 0. The molecule has 0 unspecified atom stereocenters. The predicted octanol–water partition coefficient (Wildman–Crippen LogP) is 3.16. The Hall–Kier alpha value is 0.650. The van der Waals surface area contributed by atoms with Crippen LogP contribution in [-0.2, 0) is 3.07 Å². The molecule has 0 aromatic rings. The Bertz CT molecular complexity index is 126. The number of hydrogen-bond acceptors (Lipinski definition) is 2. The van der Waals surface area contributed by atoms with Crippen LogP contribution in [-0.4, -0.2) is 18.7 Å². The summed E-state index contributed by atoms with van der Waals surface area (Å²) in [7, 11) is 0. The molecule has 0 saturated heterocycles. The van der Waals surface area contributed by atoms with E-state index >= 15 is 0 Å². The maximum absolute atomic E-state index is 5.04. The minimum absolute atomic E-state index is 0.208. The molecule has 0 aliphatic heterocycles. The zero-order valence-electron chi connectivity index (χ0n) is 9.19. The highest BCUT2D eigenvalue weighted by molar-refractivity contribution is 14.1. The lowest BCUT2D eigenvalue weighted by molar-refractivity contribution is 0.291. The number of nitrogens with one attached hydrogen (secondary N) is 1. The molecular weight excluding hydrogens is 277 g/mol. The summed E-state index contributed by atoms with van der Waals surface area (Å²) in [5.41, 5.74) is 0.208. The predicted molar refractivity (Wildman–Crippen MR) is 66.1 cm³/mol. The van der Waals surface area contributed by atoms with Gasteiger partial charge in [0.2, 0.25) is 0 Å². The van der Waals surface area contributed by atoms with E-state index in [1.807, 2.05) is 23.0 Å². The van der Waals surface area contributed by atoms with Crippen molar-refractivity contribution in [3.8, 4) is 0 Å². The highest BCUT2D eigenvalue weighted by Crippen LogP contribution is 2.10. The highest BCUT2D eigenvalue weighted by atomic mass is 127. The Balaban J connectivity index is 3.50. The second-order valence-corrected chi connectivity index (χ2v) is 5.18. The van der Waals surface area contributed by atoms with Gasteiger partial charge in [-0.15, -0.1) is 0 Å². The van der Waals surface area contributed by atoms with E-state index in [2.05, 4.69) is 33.0 Å². The second-order valence-electron chi connectivity index (χ2n) is 4.56. The van der Waals surface area contributed by atoms with Crippen molar-refractivity contribution in [3.05, 3.63) is 0 Å². The van der Waals surface area contributed by atoms with E-state index in [-0.39, 0.29) is 5.54 Å². The fourth-order valence-electron chi connectivity index (χ4n) is 1.08. The molecule has 0 radical (unpaired) electrons. The average molecular weight is 299 g/mol. The fourth-order valence-corrected chi connectivity index (χ4v) is 1.30. The first kappa shape index (κ1) is 13.7. The van der Waals surface area contributed by atoms with Gasteiger partial charge in [-0.1, -0.05) is 13.8 Å². The minimum Gasteiger partial charge on any atom is -0.316 e. The van der Waals surface area contributed by atoms with Crippen LogP contribution in [0.15, 0.2) is 0 Å². The molecule has 0 heterocycles. The first-order valence-corrected chi connectivity index (χ1v) is 5.84. The highest BCUT2D eigenvalue weighted by Gasteiger charge is 2.15. The van der Waals surface area contributed by atoms with Crippen molar-refractivity contribution in [1.82, 2.24) is 5.32 Å². The van der Waals surface area contributed by atoms with E-state index in [0.29, 0.717) is 0 Å². The Morgan fingerprint density at radius 1 is 1.38 bits per heavy atom. The van der Waals surface area contributed by atoms with Crippen molar-refractivity contribution < 1.29 is 3.07 Å². The number of rotatable bonds is 7. The van der Waals surface area contributed by atoms with E-state index in [1.54, 1.807) is 0 Å². The largest absolute Gasteiger partial charge is 0.316 e. The SMILES string of the molecule is CC(C)CCNC(C)(C)CCOI. The van der Waals surface area contributed by atoms with Gasteiger partial charge in [0.05, 0.1) is 6.61 Å². The van der Waals surface area contributed by atoms with Crippen molar-refractivity contribution in [3.63, 3.8) is 0 Å². The third kappa shape index (κ3) is 8.97. The first-order chi connectivity index (χ1) is 5.98. The van der Waals surface area contributed by atoms with Crippen LogP contribution in [0.3, 0.4) is 0 Å². The van der Waals surface area contributed by atoms with Crippen molar-refractivity contribution in [1.29, 1.82) is 0 Å². The smallest absolute Gasteiger partial charge is 0.109 e. The van der Waals surface area contributed by atoms with E-state index in [4.69, 9.17) is 3.07 Å². The van der Waals surface area contributed by atoms with Crippen LogP contribution in [0.25, 0.3) is 0 Å². The van der Waals surface area contributed by atoms with Crippen molar-refractivity contribution in [2.24, 2.45) is 5.92 Å². The van der Waals surface area contributed by atoms with Crippen LogP contribution in [0.1, 0.15) is 40.5 Å². The molecule has 0 aliphatic carbocycles. The Kier molecular flexibility index (Phi) is 7.36. The lowest BCUT2D eigenvalue weighted by atomic mass is 10.0. The summed E-state index contributed by atoms with van der Waals surface area (Å²) in [5.74, 6) is 0.782. The molecule has 0 saturated carbocycles. The van der Waals surface area contributed by atoms with Gasteiger partial charge in [-0.3, -0.25) is 0 Å². The van der Waals surface area contributed by atoms with Crippen molar-refractivity contribution >= 4 is 23.0 Å². The Morgan fingerprint density at radius 3 is 2.46 bits per heavy atom. The van der Waals surface area contributed by atoms with Crippen LogP contribution < -0.4 is 5.32 Å². The number of halogens is 1. The van der Waals surface area contributed by atoms with Gasteiger partial charge in [-0.25, -0.2) is 0 Å². The molecule has 1 N–H and O–H groups in total. The standard InChI is InChI=1S/C10H22INO/c1-9(2)5-7-12-10(3,4)6-8-13-11/h9,12H,5-8H2,1-4H3. The third-order valence-electron chi connectivity index (χ3n) is 2.13. The molecule has 0 fully saturated rings. The van der Waals surface area contributed by atoms with Gasteiger partial charge in [-0.05, 0) is 39.2 Å². The fraction of sp³-hybridized carbons (Fsp3) is 1.00. The lowest BCUT2D eigenvalue weighted by Gasteiger charge is -2.26. The average Bonchev–Trinajstić information content (AvgIpc) is 2.00. The summed E-state index contributed by atoms with van der Waals surface area (Å²) < 4.78 is 5.04. The topological polar surface area (TPSA) is 21.3 Å². The maximum Gasteiger partial charge on any atom is 0.109 e. The molecule has 0 amide bonds. The molecule has 0 aliphatic rings. The normalized spacial score (nSPS) is 12.5. The van der Waals surface area contributed by atoms with Gasteiger partial charge in [0.15, 0.2) is 0 Å². The van der Waals surface area contributed by atoms with E-state index < -0.39 is 0 Å². The van der Waals surface area contributed by atoms with Crippen LogP contribution in [0.2, 0.25) is 0 Å². The van der Waals surface area contributed by atoms with Crippen LogP contribution in [0.5, 0.6) is 0 Å². The van der Waals surface area contributed by atoms with Gasteiger partial charge in [0, 0.05) is 5.54 Å². The van der Waals surface area contributed by atoms with E-state index in [0.717, 1.165) is 25.5 Å². The lowest BCUT2D eigenvalue weighted by Crippen LogP contribution is -2.40. The van der Waals surface area contributed by atoms with Gasteiger partial charge in [-0.2, -0.15) is 0 Å². The molecule has 3 heteroatoms. The molecule has 0 bridgehead atoms. The summed E-state index contributed by atoms with van der Waals surface area (Å²) in [5, 5.41) is 3.54. The molecule has 0 aromatic heterocycles. The molecule has 13 heavy (non-hydrogen) atoms. The van der Waals surface area contributed by atoms with Gasteiger partial charge in [0.1, 0.15) is 23.0 Å². The van der Waals surface area contributed by atoms with E-state index in [9.17, 15) is 0 Å². The number of hydrogen-bond donors (Lipinski definition) is 1. The summed E-state index contributed by atoms with van der Waals surface area (Å²) in [6.45, 7) is 10.9. The van der Waals surface area contributed by atoms with Crippen LogP contribution in [0, 0.1) is 5.92 Å². The van der Waals surface area contributed by atoms with Gasteiger partial charge >= 0.3 is 0 Å². The van der Waals surface area contributed by atoms with Gasteiger partial charge in [0.25, 0.3) is 0 Å². The molecule has 0 atom stereocenters. The molecule has 0 rings (SSSR count). The Morgan fingerprint density at radius 2 is 2.00 bits per heavy atom. The summed E-state index contributed by atoms with van der Waals surface area (Å²) in [6, 6.07) is 0. The summed E-state index contributed by atoms with van der Waals surface area (Å²) in [6.07, 6.45) is 2.31. The zero-order valence-corrected chi connectivity index (χ0v) is 11.3. The van der Waals surface area contributed by atoms with E-state index in [1.165, 1.54) is 6.42 Å². The van der Waals surface area contributed by atoms with Crippen molar-refractivity contribution in [2.75, 3.05) is 13.2 Å². The Labute approximate surface area is 96.5 Å². The second kappa shape index (κ2) is 7.01. The maximum atomic E-state index is 5.04. The molecular formula is C10H22INO. The summed E-state index contributed by atoms with van der Waals surface area (Å²) >= 11 is 1.95. The zero-order chi connectivity index (χ0) is 10.3. The first-order valence-electron chi connectivity index (χ1n) is 4.96. The van der Waals surface area contributed by atoms with Crippen LogP contribution in [0.4, 0.5) is 0 Å². The quantitative estimate of drug-likeness (QED) is 0.729. The van der Waals surface area contributed by atoms with Crippen molar-refractivity contribution in [2.45, 2.75) is 46.1 Å².